The van der Waals surface area contributed by atoms with Gasteiger partial charge in [-0.3, -0.25) is 9.89 Å². The molecule has 1 aliphatic heterocycles. The molecule has 3 aromatic heterocycles. The van der Waals surface area contributed by atoms with Gasteiger partial charge in [-0.25, -0.2) is 13.8 Å². The largest absolute Gasteiger partial charge is 0.451 e. The smallest absolute Gasteiger partial charge is 0.322 e. The molecule has 1 aromatic carbocycles. The zero-order valence-corrected chi connectivity index (χ0v) is 17.8. The average Bonchev–Trinajstić information content (AvgIpc) is 3.57. The number of anilines is 2. The molecule has 0 unspecified atom stereocenters. The second-order valence-corrected chi connectivity index (χ2v) is 7.78. The number of oxazole rings is 1. The number of carbonyl (C=O) groups is 1. The molecule has 1 fully saturated rings. The summed E-state index contributed by atoms with van der Waals surface area (Å²) < 4.78 is 38.7. The van der Waals surface area contributed by atoms with Crippen LogP contribution in [0.25, 0.3) is 22.4 Å². The fraction of sp³-hybridized carbons (Fsp3) is 0.273. The van der Waals surface area contributed by atoms with Gasteiger partial charge in [0.2, 0.25) is 0 Å². The summed E-state index contributed by atoms with van der Waals surface area (Å²) in [5.41, 5.74) is 2.36. The van der Waals surface area contributed by atoms with Gasteiger partial charge in [0.15, 0.2) is 11.3 Å². The first-order chi connectivity index (χ1) is 16.4. The van der Waals surface area contributed by atoms with Crippen molar-refractivity contribution in [3.05, 3.63) is 42.4 Å². The number of fused-ring (bicyclic) bond motifs is 1. The van der Waals surface area contributed by atoms with Crippen LogP contribution in [0.15, 0.2) is 50.5 Å². The quantitative estimate of drug-likeness (QED) is 0.363. The normalized spacial score (nSPS) is 15.9. The lowest BCUT2D eigenvalue weighted by Crippen LogP contribution is -2.39. The standard InChI is InChI=1S/C22H20F2N6O4/c23-22(24)3-6-30(7-4-22)16-9-15-19(34-21(29-15)25-5-8-31)10-14(16)28-20(32)18-2-1-17(33-18)13-11-26-27-12-13/h1-2,5,9-12,31H,3-4,6-8H2,(H,26,27)(H,28,32). The van der Waals surface area contributed by atoms with Gasteiger partial charge in [-0.2, -0.15) is 10.1 Å². The molecule has 3 N–H and O–H groups in total. The first kappa shape index (κ1) is 21.8. The van der Waals surface area contributed by atoms with Crippen molar-refractivity contribution in [2.45, 2.75) is 18.8 Å². The van der Waals surface area contributed by atoms with Gasteiger partial charge in [0.25, 0.3) is 11.8 Å². The number of benzene rings is 1. The SMILES string of the molecule is O=C(Nc1cc2oc(N=CCO)nc2cc1N1CCC(F)(F)CC1)c1ccc(-c2cn[nH]c2)o1. The number of aromatic amines is 1. The van der Waals surface area contributed by atoms with E-state index in [0.29, 0.717) is 33.8 Å². The maximum absolute atomic E-state index is 13.7. The van der Waals surface area contributed by atoms with Crippen molar-refractivity contribution >= 4 is 40.6 Å². The average molecular weight is 470 g/mol. The number of piperidine rings is 1. The van der Waals surface area contributed by atoms with Crippen LogP contribution in [0.5, 0.6) is 0 Å². The maximum Gasteiger partial charge on any atom is 0.322 e. The van der Waals surface area contributed by atoms with Crippen molar-refractivity contribution in [1.29, 1.82) is 0 Å². The first-order valence-electron chi connectivity index (χ1n) is 10.5. The van der Waals surface area contributed by atoms with E-state index >= 15 is 0 Å². The number of halogens is 2. The number of H-pyrrole nitrogens is 1. The summed E-state index contributed by atoms with van der Waals surface area (Å²) in [6, 6.07) is 6.44. The van der Waals surface area contributed by atoms with Crippen LogP contribution in [0, 0.1) is 0 Å². The molecule has 12 heteroatoms. The van der Waals surface area contributed by atoms with Crippen molar-refractivity contribution in [3.8, 4) is 11.3 Å². The third-order valence-electron chi connectivity index (χ3n) is 5.47. The number of aliphatic hydroxyl groups is 1. The highest BCUT2D eigenvalue weighted by molar-refractivity contribution is 6.06. The summed E-state index contributed by atoms with van der Waals surface area (Å²) >= 11 is 0. The number of aromatic nitrogens is 3. The minimum Gasteiger partial charge on any atom is -0.451 e. The fourth-order valence-corrected chi connectivity index (χ4v) is 3.75. The van der Waals surface area contributed by atoms with Gasteiger partial charge >= 0.3 is 6.01 Å². The Kier molecular flexibility index (Phi) is 5.57. The number of alkyl halides is 2. The van der Waals surface area contributed by atoms with Crippen molar-refractivity contribution in [2.24, 2.45) is 4.99 Å². The van der Waals surface area contributed by atoms with Crippen LogP contribution in [0.4, 0.5) is 26.2 Å². The van der Waals surface area contributed by atoms with Crippen molar-refractivity contribution in [3.63, 3.8) is 0 Å². The highest BCUT2D eigenvalue weighted by atomic mass is 19.3. The lowest BCUT2D eigenvalue weighted by atomic mass is 10.1. The molecule has 176 valence electrons. The van der Waals surface area contributed by atoms with E-state index in [1.165, 1.54) is 12.3 Å². The van der Waals surface area contributed by atoms with Crippen molar-refractivity contribution in [1.82, 2.24) is 15.2 Å². The Bertz CT molecular complexity index is 1330. The van der Waals surface area contributed by atoms with E-state index in [0.717, 1.165) is 0 Å². The molecule has 0 radical (unpaired) electrons. The number of aliphatic hydroxyl groups excluding tert-OH is 1. The summed E-state index contributed by atoms with van der Waals surface area (Å²) in [4.78, 5) is 22.9. The molecule has 4 heterocycles. The third kappa shape index (κ3) is 4.39. The molecule has 4 aromatic rings. The minimum atomic E-state index is -2.72. The molecule has 0 atom stereocenters. The van der Waals surface area contributed by atoms with Crippen LogP contribution in [0.3, 0.4) is 0 Å². The number of hydrogen-bond donors (Lipinski definition) is 3. The zero-order valence-electron chi connectivity index (χ0n) is 17.8. The van der Waals surface area contributed by atoms with Crippen LogP contribution < -0.4 is 10.2 Å². The molecule has 0 saturated carbocycles. The second-order valence-electron chi connectivity index (χ2n) is 7.78. The van der Waals surface area contributed by atoms with E-state index in [9.17, 15) is 13.6 Å². The number of aliphatic imine (C=N–C) groups is 1. The monoisotopic (exact) mass is 470 g/mol. The molecule has 10 nitrogen and oxygen atoms in total. The summed E-state index contributed by atoms with van der Waals surface area (Å²) in [5.74, 6) is -2.70. The minimum absolute atomic E-state index is 0.0273. The Hall–Kier alpha value is -4.06. The lowest BCUT2D eigenvalue weighted by molar-refractivity contribution is -0.0220. The number of furan rings is 1. The molecule has 5 rings (SSSR count). The number of carbonyl (C=O) groups excluding carboxylic acids is 1. The van der Waals surface area contributed by atoms with Crippen molar-refractivity contribution in [2.75, 3.05) is 29.9 Å². The van der Waals surface area contributed by atoms with Crippen molar-refractivity contribution < 1.29 is 27.5 Å². The summed E-state index contributed by atoms with van der Waals surface area (Å²) in [6.07, 6.45) is 3.85. The van der Waals surface area contributed by atoms with Crippen LogP contribution in [-0.4, -0.2) is 58.0 Å². The summed E-state index contributed by atoms with van der Waals surface area (Å²) in [5, 5.41) is 18.3. The number of amides is 1. The lowest BCUT2D eigenvalue weighted by Gasteiger charge is -2.34. The third-order valence-corrected chi connectivity index (χ3v) is 5.47. The van der Waals surface area contributed by atoms with Gasteiger partial charge in [0.05, 0.1) is 29.7 Å². The Morgan fingerprint density at radius 2 is 2.12 bits per heavy atom. The summed E-state index contributed by atoms with van der Waals surface area (Å²) in [6.45, 7) is -0.0580. The number of hydrogen-bond acceptors (Lipinski definition) is 8. The van der Waals surface area contributed by atoms with Gasteiger partial charge in [-0.05, 0) is 18.2 Å². The molecule has 0 bridgehead atoms. The molecule has 34 heavy (non-hydrogen) atoms. The van der Waals surface area contributed by atoms with Gasteiger partial charge in [-0.1, -0.05) is 0 Å². The Morgan fingerprint density at radius 1 is 1.29 bits per heavy atom. The topological polar surface area (TPSA) is 133 Å². The molecular weight excluding hydrogens is 450 g/mol. The second kappa shape index (κ2) is 8.71. The molecule has 1 aliphatic rings. The zero-order chi connectivity index (χ0) is 23.7. The van der Waals surface area contributed by atoms with E-state index in [1.54, 1.807) is 35.5 Å². The van der Waals surface area contributed by atoms with Gasteiger partial charge < -0.3 is 24.2 Å². The van der Waals surface area contributed by atoms with Gasteiger partial charge in [-0.15, -0.1) is 0 Å². The van der Waals surface area contributed by atoms with E-state index in [2.05, 4.69) is 25.5 Å². The molecule has 1 amide bonds. The first-order valence-corrected chi connectivity index (χ1v) is 10.5. The predicted molar refractivity (Wildman–Crippen MR) is 120 cm³/mol. The Labute approximate surface area is 191 Å². The van der Waals surface area contributed by atoms with Gasteiger partial charge in [0.1, 0.15) is 11.3 Å². The fourth-order valence-electron chi connectivity index (χ4n) is 3.75. The Balaban J connectivity index is 1.47. The van der Waals surface area contributed by atoms with Crippen LogP contribution in [-0.2, 0) is 0 Å². The highest BCUT2D eigenvalue weighted by Gasteiger charge is 2.35. The molecule has 0 spiro atoms. The number of nitrogens with zero attached hydrogens (tertiary/aromatic N) is 4. The summed E-state index contributed by atoms with van der Waals surface area (Å²) in [7, 11) is 0. The predicted octanol–water partition coefficient (Wildman–Crippen LogP) is 3.99. The number of nitrogens with one attached hydrogen (secondary N) is 2. The van der Waals surface area contributed by atoms with Crippen LogP contribution in [0.1, 0.15) is 23.4 Å². The van der Waals surface area contributed by atoms with Gasteiger partial charge in [0, 0.05) is 44.4 Å². The maximum atomic E-state index is 13.7. The highest BCUT2D eigenvalue weighted by Crippen LogP contribution is 2.37. The van der Waals surface area contributed by atoms with Crippen LogP contribution in [0.2, 0.25) is 0 Å². The van der Waals surface area contributed by atoms with E-state index in [1.807, 2.05) is 0 Å². The number of rotatable bonds is 6. The van der Waals surface area contributed by atoms with E-state index in [4.69, 9.17) is 13.9 Å². The Morgan fingerprint density at radius 3 is 2.85 bits per heavy atom. The molecular formula is C22H20F2N6O4. The molecule has 1 saturated heterocycles. The molecule has 0 aliphatic carbocycles. The van der Waals surface area contributed by atoms with E-state index in [-0.39, 0.29) is 44.3 Å². The van der Waals surface area contributed by atoms with Crippen LogP contribution >= 0.6 is 0 Å². The van der Waals surface area contributed by atoms with E-state index < -0.39 is 11.8 Å².